The Hall–Kier alpha value is -0.890. The van der Waals surface area contributed by atoms with Crippen molar-refractivity contribution in [2.24, 2.45) is 16.2 Å². The summed E-state index contributed by atoms with van der Waals surface area (Å²) in [6, 6.07) is 0. The fourth-order valence-electron chi connectivity index (χ4n) is 4.94. The molecule has 0 heterocycles. The molecule has 3 rings (SSSR count). The van der Waals surface area contributed by atoms with Crippen molar-refractivity contribution in [3.05, 3.63) is 23.3 Å². The van der Waals surface area contributed by atoms with Crippen LogP contribution in [-0.2, 0) is 4.79 Å². The summed E-state index contributed by atoms with van der Waals surface area (Å²) >= 11 is 0. The third-order valence-electron chi connectivity index (χ3n) is 6.28. The minimum Gasteiger partial charge on any atom is -0.392 e. The Bertz CT molecular complexity index is 526. The number of Topliss-reactive ketones (excluding diaryl/α,β-unsaturated/α-hetero) is 1. The van der Waals surface area contributed by atoms with Gasteiger partial charge in [-0.05, 0) is 39.5 Å². The number of rotatable bonds is 0. The van der Waals surface area contributed by atoms with Crippen LogP contribution >= 0.6 is 0 Å². The topological polar surface area (TPSA) is 37.3 Å². The van der Waals surface area contributed by atoms with Gasteiger partial charge in [-0.25, -0.2) is 0 Å². The van der Waals surface area contributed by atoms with Gasteiger partial charge in [0.15, 0.2) is 0 Å². The van der Waals surface area contributed by atoms with Crippen LogP contribution in [0.3, 0.4) is 0 Å². The highest BCUT2D eigenvalue weighted by Gasteiger charge is 2.56. The Morgan fingerprint density at radius 3 is 2.55 bits per heavy atom. The van der Waals surface area contributed by atoms with Crippen molar-refractivity contribution in [2.45, 2.75) is 65.9 Å². The van der Waals surface area contributed by atoms with Gasteiger partial charge in [0.05, 0.1) is 6.10 Å². The van der Waals surface area contributed by atoms with Gasteiger partial charge in [0.2, 0.25) is 0 Å². The predicted octanol–water partition coefficient (Wildman–Crippen LogP) is 3.80. The summed E-state index contributed by atoms with van der Waals surface area (Å²) in [4.78, 5) is 12.3. The third-order valence-corrected chi connectivity index (χ3v) is 6.28. The molecule has 20 heavy (non-hydrogen) atoms. The first-order chi connectivity index (χ1) is 9.23. The Labute approximate surface area is 122 Å². The van der Waals surface area contributed by atoms with Gasteiger partial charge in [-0.15, -0.1) is 0 Å². The highest BCUT2D eigenvalue weighted by molar-refractivity contribution is 5.89. The van der Waals surface area contributed by atoms with E-state index < -0.39 is 0 Å². The fourth-order valence-corrected chi connectivity index (χ4v) is 4.94. The van der Waals surface area contributed by atoms with E-state index in [0.717, 1.165) is 25.7 Å². The van der Waals surface area contributed by atoms with E-state index in [0.29, 0.717) is 12.2 Å². The van der Waals surface area contributed by atoms with Crippen LogP contribution in [0.5, 0.6) is 0 Å². The number of allylic oxidation sites excluding steroid dienone is 3. The number of ketones is 1. The number of hydrogen-bond donors (Lipinski definition) is 1. The Kier molecular flexibility index (Phi) is 2.86. The average molecular weight is 274 g/mol. The standard InChI is InChI=1S/C18H26O2/c1-16(2)12-8-10-18(4)13(6-5-7-15(18)20)17(12,3)11-9-14(16)19/h6,8,15,20H,5,7,9-11H2,1-4H3/t15?,17?,18-/m1/s1. The lowest BCUT2D eigenvalue weighted by molar-refractivity contribution is -0.128. The molecule has 3 atom stereocenters. The minimum absolute atomic E-state index is 0.0359. The first kappa shape index (κ1) is 14.1. The molecular formula is C18H26O2. The van der Waals surface area contributed by atoms with Crippen LogP contribution in [0, 0.1) is 16.2 Å². The van der Waals surface area contributed by atoms with E-state index in [4.69, 9.17) is 0 Å². The van der Waals surface area contributed by atoms with Gasteiger partial charge in [-0.2, -0.15) is 0 Å². The second kappa shape index (κ2) is 4.07. The molecule has 3 aliphatic carbocycles. The van der Waals surface area contributed by atoms with Gasteiger partial charge in [0.25, 0.3) is 0 Å². The van der Waals surface area contributed by atoms with E-state index in [1.54, 1.807) is 0 Å². The lowest BCUT2D eigenvalue weighted by Crippen LogP contribution is -2.51. The van der Waals surface area contributed by atoms with Crippen molar-refractivity contribution in [3.8, 4) is 0 Å². The van der Waals surface area contributed by atoms with Gasteiger partial charge in [0, 0.05) is 22.7 Å². The van der Waals surface area contributed by atoms with Crippen LogP contribution in [-0.4, -0.2) is 17.0 Å². The van der Waals surface area contributed by atoms with Gasteiger partial charge in [0.1, 0.15) is 5.78 Å². The summed E-state index contributed by atoms with van der Waals surface area (Å²) in [5, 5.41) is 10.5. The molecule has 0 spiro atoms. The van der Waals surface area contributed by atoms with Gasteiger partial charge in [-0.3, -0.25) is 4.79 Å². The summed E-state index contributed by atoms with van der Waals surface area (Å²) in [5.74, 6) is 0.363. The average Bonchev–Trinajstić information content (AvgIpc) is 2.37. The molecular weight excluding hydrogens is 248 g/mol. The number of fused-ring (bicyclic) bond motifs is 3. The summed E-state index contributed by atoms with van der Waals surface area (Å²) in [7, 11) is 0. The zero-order valence-corrected chi connectivity index (χ0v) is 13.1. The van der Waals surface area contributed by atoms with Crippen LogP contribution in [0.4, 0.5) is 0 Å². The molecule has 0 saturated heterocycles. The second-order valence-corrected chi connectivity index (χ2v) is 7.83. The first-order valence-electron chi connectivity index (χ1n) is 7.86. The molecule has 0 aromatic rings. The maximum atomic E-state index is 12.3. The summed E-state index contributed by atoms with van der Waals surface area (Å²) in [5.41, 5.74) is 2.16. The van der Waals surface area contributed by atoms with Crippen molar-refractivity contribution in [3.63, 3.8) is 0 Å². The van der Waals surface area contributed by atoms with Crippen molar-refractivity contribution >= 4 is 5.78 Å². The molecule has 0 radical (unpaired) electrons. The lowest BCUT2D eigenvalue weighted by atomic mass is 9.48. The van der Waals surface area contributed by atoms with Crippen molar-refractivity contribution in [1.82, 2.24) is 0 Å². The first-order valence-corrected chi connectivity index (χ1v) is 7.86. The van der Waals surface area contributed by atoms with Crippen molar-refractivity contribution in [2.75, 3.05) is 0 Å². The highest BCUT2D eigenvalue weighted by atomic mass is 16.3. The molecule has 1 saturated carbocycles. The molecule has 0 bridgehead atoms. The van der Waals surface area contributed by atoms with Crippen LogP contribution < -0.4 is 0 Å². The SMILES string of the molecule is CC1(C)C(=O)CCC2(C)C1=CC[C@]1(C)C2=CCCC1O. The molecule has 110 valence electrons. The van der Waals surface area contributed by atoms with Crippen molar-refractivity contribution in [1.29, 1.82) is 0 Å². The van der Waals surface area contributed by atoms with Gasteiger partial charge >= 0.3 is 0 Å². The van der Waals surface area contributed by atoms with Crippen molar-refractivity contribution < 1.29 is 9.90 Å². The van der Waals surface area contributed by atoms with E-state index in [1.165, 1.54) is 11.1 Å². The van der Waals surface area contributed by atoms with E-state index in [1.807, 2.05) is 0 Å². The number of aliphatic hydroxyl groups excluding tert-OH is 1. The molecule has 0 aromatic carbocycles. The molecule has 2 nitrogen and oxygen atoms in total. The number of carbonyl (C=O) groups excluding carboxylic acids is 1. The van der Waals surface area contributed by atoms with Crippen LogP contribution in [0.1, 0.15) is 59.8 Å². The largest absolute Gasteiger partial charge is 0.392 e. The quantitative estimate of drug-likeness (QED) is 0.682. The molecule has 0 aromatic heterocycles. The Morgan fingerprint density at radius 2 is 1.85 bits per heavy atom. The molecule has 3 aliphatic rings. The molecule has 0 aliphatic heterocycles. The van der Waals surface area contributed by atoms with Gasteiger partial charge < -0.3 is 5.11 Å². The Balaban J connectivity index is 2.17. The van der Waals surface area contributed by atoms with E-state index in [2.05, 4.69) is 39.8 Å². The second-order valence-electron chi connectivity index (χ2n) is 7.83. The zero-order valence-electron chi connectivity index (χ0n) is 13.1. The maximum absolute atomic E-state index is 12.3. The number of hydrogen-bond acceptors (Lipinski definition) is 2. The number of aliphatic hydroxyl groups is 1. The molecule has 2 heteroatoms. The van der Waals surface area contributed by atoms with Crippen LogP contribution in [0.15, 0.2) is 23.3 Å². The molecule has 2 unspecified atom stereocenters. The minimum atomic E-state index is -0.350. The smallest absolute Gasteiger partial charge is 0.142 e. The molecule has 1 fully saturated rings. The Morgan fingerprint density at radius 1 is 1.15 bits per heavy atom. The maximum Gasteiger partial charge on any atom is 0.142 e. The van der Waals surface area contributed by atoms with E-state index in [-0.39, 0.29) is 22.3 Å². The summed E-state index contributed by atoms with van der Waals surface area (Å²) < 4.78 is 0. The fraction of sp³-hybridized carbons (Fsp3) is 0.722. The zero-order chi connectivity index (χ0) is 14.8. The third kappa shape index (κ3) is 1.57. The monoisotopic (exact) mass is 274 g/mol. The summed E-state index contributed by atoms with van der Waals surface area (Å²) in [6.45, 7) is 8.63. The normalized spacial score (nSPS) is 43.2. The molecule has 1 N–H and O–H groups in total. The van der Waals surface area contributed by atoms with E-state index in [9.17, 15) is 9.90 Å². The highest BCUT2D eigenvalue weighted by Crippen LogP contribution is 2.62. The van der Waals surface area contributed by atoms with E-state index >= 15 is 0 Å². The van der Waals surface area contributed by atoms with Crippen LogP contribution in [0.2, 0.25) is 0 Å². The van der Waals surface area contributed by atoms with Gasteiger partial charge in [-0.1, -0.05) is 37.1 Å². The lowest BCUT2D eigenvalue weighted by Gasteiger charge is -2.56. The molecule has 0 amide bonds. The predicted molar refractivity (Wildman–Crippen MR) is 80.3 cm³/mol. The summed E-state index contributed by atoms with van der Waals surface area (Å²) in [6.07, 6.45) is 8.61. The van der Waals surface area contributed by atoms with Crippen LogP contribution in [0.25, 0.3) is 0 Å². The number of carbonyl (C=O) groups is 1.